The van der Waals surface area contributed by atoms with Crippen molar-refractivity contribution in [3.8, 4) is 0 Å². The van der Waals surface area contributed by atoms with Gasteiger partial charge in [0.1, 0.15) is 17.5 Å². The molecule has 0 aromatic carbocycles. The van der Waals surface area contributed by atoms with Crippen LogP contribution in [0.1, 0.15) is 67.2 Å². The van der Waals surface area contributed by atoms with Gasteiger partial charge in [-0.3, -0.25) is 19.2 Å². The number of hydrogen-bond acceptors (Lipinski definition) is 7. The molecule has 0 radical (unpaired) electrons. The van der Waals surface area contributed by atoms with Gasteiger partial charge in [0.05, 0.1) is 7.11 Å². The van der Waals surface area contributed by atoms with Gasteiger partial charge in [0.2, 0.25) is 0 Å². The van der Waals surface area contributed by atoms with Gasteiger partial charge in [-0.25, -0.2) is 0 Å². The highest BCUT2D eigenvalue weighted by Gasteiger charge is 2.49. The van der Waals surface area contributed by atoms with E-state index in [-0.39, 0.29) is 25.2 Å². The molecule has 0 fully saturated rings. The lowest BCUT2D eigenvalue weighted by Gasteiger charge is -2.33. The number of hydrogen-bond donors (Lipinski definition) is 0. The van der Waals surface area contributed by atoms with Crippen LogP contribution in [0.3, 0.4) is 0 Å². The standard InChI is InChI=1S/C22H34O7/c1-20(2,3)28-18(25)22(15-11-12-16-23,19(26)29-21(4,5)6)14-10-8-9-13-17(24)27-7/h8,10-12,16H,9,13-15H2,1-7H3/b10-8+,12-11+. The molecule has 0 aromatic rings. The van der Waals surface area contributed by atoms with Crippen LogP contribution >= 0.6 is 0 Å². The van der Waals surface area contributed by atoms with Gasteiger partial charge in [0.25, 0.3) is 0 Å². The second-order valence-electron chi connectivity index (χ2n) is 8.64. The predicted molar refractivity (Wildman–Crippen MR) is 109 cm³/mol. The monoisotopic (exact) mass is 410 g/mol. The van der Waals surface area contributed by atoms with Crippen molar-refractivity contribution in [1.82, 2.24) is 0 Å². The Morgan fingerprint density at radius 2 is 1.28 bits per heavy atom. The quantitative estimate of drug-likeness (QED) is 0.135. The Morgan fingerprint density at radius 1 is 0.793 bits per heavy atom. The van der Waals surface area contributed by atoms with Crippen molar-refractivity contribution < 1.29 is 33.4 Å². The zero-order chi connectivity index (χ0) is 22.7. The summed E-state index contributed by atoms with van der Waals surface area (Å²) in [4.78, 5) is 48.1. The van der Waals surface area contributed by atoms with Crippen molar-refractivity contribution in [2.45, 2.75) is 78.4 Å². The average molecular weight is 411 g/mol. The lowest BCUT2D eigenvalue weighted by molar-refractivity contribution is -0.185. The molecule has 0 unspecified atom stereocenters. The first-order valence-electron chi connectivity index (χ1n) is 9.56. The van der Waals surface area contributed by atoms with Crippen molar-refractivity contribution in [1.29, 1.82) is 0 Å². The topological polar surface area (TPSA) is 96.0 Å². The van der Waals surface area contributed by atoms with E-state index in [2.05, 4.69) is 4.74 Å². The van der Waals surface area contributed by atoms with Crippen LogP contribution in [-0.2, 0) is 33.4 Å². The minimum absolute atomic E-state index is 0.00119. The summed E-state index contributed by atoms with van der Waals surface area (Å²) < 4.78 is 15.6. The highest BCUT2D eigenvalue weighted by Crippen LogP contribution is 2.35. The van der Waals surface area contributed by atoms with Crippen LogP contribution in [0, 0.1) is 5.41 Å². The van der Waals surface area contributed by atoms with Crippen LogP contribution in [0.25, 0.3) is 0 Å². The molecule has 0 N–H and O–H groups in total. The Hall–Kier alpha value is -2.44. The van der Waals surface area contributed by atoms with E-state index in [9.17, 15) is 19.2 Å². The molecule has 0 aliphatic heterocycles. The van der Waals surface area contributed by atoms with Crippen LogP contribution in [0.5, 0.6) is 0 Å². The molecule has 0 aromatic heterocycles. The van der Waals surface area contributed by atoms with Gasteiger partial charge in [-0.1, -0.05) is 18.2 Å². The Morgan fingerprint density at radius 3 is 1.69 bits per heavy atom. The molecule has 0 amide bonds. The Labute approximate surface area is 173 Å². The molecule has 29 heavy (non-hydrogen) atoms. The molecule has 0 aliphatic rings. The molecular weight excluding hydrogens is 376 g/mol. The van der Waals surface area contributed by atoms with E-state index in [1.165, 1.54) is 19.3 Å². The second kappa shape index (κ2) is 11.5. The number of rotatable bonds is 10. The summed E-state index contributed by atoms with van der Waals surface area (Å²) in [5, 5.41) is 0. The van der Waals surface area contributed by atoms with E-state index in [1.807, 2.05) is 0 Å². The van der Waals surface area contributed by atoms with Gasteiger partial charge >= 0.3 is 17.9 Å². The van der Waals surface area contributed by atoms with Crippen molar-refractivity contribution in [3.05, 3.63) is 24.3 Å². The fourth-order valence-electron chi connectivity index (χ4n) is 2.28. The molecule has 0 heterocycles. The van der Waals surface area contributed by atoms with Gasteiger partial charge in [-0.05, 0) is 66.9 Å². The lowest BCUT2D eigenvalue weighted by atomic mass is 9.80. The first-order valence-corrected chi connectivity index (χ1v) is 9.56. The van der Waals surface area contributed by atoms with Crippen LogP contribution in [-0.4, -0.2) is 42.5 Å². The van der Waals surface area contributed by atoms with E-state index in [1.54, 1.807) is 53.7 Å². The molecule has 0 atom stereocenters. The van der Waals surface area contributed by atoms with Gasteiger partial charge in [0.15, 0.2) is 5.41 Å². The summed E-state index contributed by atoms with van der Waals surface area (Å²) in [7, 11) is 1.31. The minimum atomic E-state index is -1.65. The number of carbonyl (C=O) groups excluding carboxylic acids is 4. The first kappa shape index (κ1) is 26.6. The zero-order valence-electron chi connectivity index (χ0n) is 18.6. The van der Waals surface area contributed by atoms with E-state index in [0.29, 0.717) is 12.7 Å². The molecule has 7 nitrogen and oxygen atoms in total. The Balaban J connectivity index is 5.86. The molecule has 7 heteroatoms. The molecule has 0 spiro atoms. The fraction of sp³-hybridized carbons (Fsp3) is 0.636. The predicted octanol–water partition coefficient (Wildman–Crippen LogP) is 3.70. The van der Waals surface area contributed by atoms with Crippen molar-refractivity contribution in [3.63, 3.8) is 0 Å². The van der Waals surface area contributed by atoms with Crippen LogP contribution in [0.15, 0.2) is 24.3 Å². The summed E-state index contributed by atoms with van der Waals surface area (Å²) in [5.41, 5.74) is -3.28. The molecule has 0 saturated carbocycles. The van der Waals surface area contributed by atoms with Crippen LogP contribution < -0.4 is 0 Å². The third-order valence-electron chi connectivity index (χ3n) is 3.64. The number of carbonyl (C=O) groups is 4. The third kappa shape index (κ3) is 10.6. The van der Waals surface area contributed by atoms with Crippen molar-refractivity contribution >= 4 is 24.2 Å². The smallest absolute Gasteiger partial charge is 0.324 e. The number of ether oxygens (including phenoxy) is 3. The third-order valence-corrected chi connectivity index (χ3v) is 3.64. The molecular formula is C22H34O7. The normalized spacial score (nSPS) is 12.8. The summed E-state index contributed by atoms with van der Waals surface area (Å²) in [6, 6.07) is 0. The number of esters is 3. The van der Waals surface area contributed by atoms with Gasteiger partial charge in [-0.2, -0.15) is 0 Å². The van der Waals surface area contributed by atoms with E-state index in [4.69, 9.17) is 9.47 Å². The lowest BCUT2D eigenvalue weighted by Crippen LogP contribution is -2.46. The molecule has 164 valence electrons. The summed E-state index contributed by atoms with van der Waals surface area (Å²) >= 11 is 0. The summed E-state index contributed by atoms with van der Waals surface area (Å²) in [6.07, 6.45) is 7.11. The molecule has 0 bridgehead atoms. The van der Waals surface area contributed by atoms with Crippen LogP contribution in [0.2, 0.25) is 0 Å². The highest BCUT2D eigenvalue weighted by atomic mass is 16.6. The SMILES string of the molecule is COC(=O)CC/C=C/CC(C/C=C/C=O)(C(=O)OC(C)(C)C)C(=O)OC(C)(C)C. The molecule has 0 aliphatic carbocycles. The maximum absolute atomic E-state index is 13.1. The Bertz CT molecular complexity index is 603. The van der Waals surface area contributed by atoms with Gasteiger partial charge < -0.3 is 14.2 Å². The van der Waals surface area contributed by atoms with Crippen molar-refractivity contribution in [2.75, 3.05) is 7.11 Å². The highest BCUT2D eigenvalue weighted by molar-refractivity contribution is 6.00. The molecule has 0 rings (SSSR count). The fourth-order valence-corrected chi connectivity index (χ4v) is 2.28. The number of aldehydes is 1. The van der Waals surface area contributed by atoms with E-state index in [0.717, 1.165) is 0 Å². The average Bonchev–Trinajstić information content (AvgIpc) is 2.56. The second-order valence-corrected chi connectivity index (χ2v) is 8.64. The van der Waals surface area contributed by atoms with Gasteiger partial charge in [-0.15, -0.1) is 0 Å². The zero-order valence-corrected chi connectivity index (χ0v) is 18.6. The largest absolute Gasteiger partial charge is 0.469 e. The summed E-state index contributed by atoms with van der Waals surface area (Å²) in [6.45, 7) is 10.2. The van der Waals surface area contributed by atoms with Crippen LogP contribution in [0.4, 0.5) is 0 Å². The van der Waals surface area contributed by atoms with Gasteiger partial charge in [0, 0.05) is 6.42 Å². The maximum Gasteiger partial charge on any atom is 0.324 e. The minimum Gasteiger partial charge on any atom is -0.469 e. The van der Waals surface area contributed by atoms with E-state index >= 15 is 0 Å². The number of methoxy groups -OCH3 is 1. The number of allylic oxidation sites excluding steroid dienone is 4. The maximum atomic E-state index is 13.1. The first-order chi connectivity index (χ1) is 13.3. The Kier molecular flexibility index (Phi) is 10.6. The van der Waals surface area contributed by atoms with E-state index < -0.39 is 28.6 Å². The molecule has 0 saturated heterocycles. The van der Waals surface area contributed by atoms with Crippen molar-refractivity contribution in [2.24, 2.45) is 5.41 Å². The summed E-state index contributed by atoms with van der Waals surface area (Å²) in [5.74, 6) is -1.81.